The van der Waals surface area contributed by atoms with Gasteiger partial charge in [-0.3, -0.25) is 0 Å². The smallest absolute Gasteiger partial charge is 0.342 e. The van der Waals surface area contributed by atoms with Crippen molar-refractivity contribution in [2.45, 2.75) is 32.5 Å². The van der Waals surface area contributed by atoms with Crippen LogP contribution in [-0.2, 0) is 6.54 Å². The average Bonchev–Trinajstić information content (AvgIpc) is 3.03. The molecule has 8 heteroatoms. The van der Waals surface area contributed by atoms with Crippen molar-refractivity contribution in [2.24, 2.45) is 0 Å². The Labute approximate surface area is 137 Å². The second-order valence-electron chi connectivity index (χ2n) is 5.42. The van der Waals surface area contributed by atoms with Crippen LogP contribution >= 0.6 is 11.8 Å². The molecule has 23 heavy (non-hydrogen) atoms. The number of hydrogen-bond donors (Lipinski definition) is 1. The standard InChI is InChI=1S/C15H17N5O2S/c1-9-6-12-13(7-10(9)2)18-15(17-12)23-5-4-19-11(3)16-8-14(19)20(21)22/h6-8H,4-5H2,1-3H3,(H,17,18). The molecule has 0 spiro atoms. The number of fused-ring (bicyclic) bond motifs is 1. The Kier molecular flexibility index (Phi) is 4.08. The van der Waals surface area contributed by atoms with Gasteiger partial charge in [-0.1, -0.05) is 11.8 Å². The molecule has 2 aromatic heterocycles. The Balaban J connectivity index is 1.72. The number of imidazole rings is 2. The molecule has 2 heterocycles. The summed E-state index contributed by atoms with van der Waals surface area (Å²) in [5.74, 6) is 1.35. The summed E-state index contributed by atoms with van der Waals surface area (Å²) in [4.78, 5) is 22.4. The Hall–Kier alpha value is -2.35. The number of nitrogens with zero attached hydrogens (tertiary/aromatic N) is 4. The second-order valence-corrected chi connectivity index (χ2v) is 6.50. The summed E-state index contributed by atoms with van der Waals surface area (Å²) in [6, 6.07) is 4.16. The number of nitro groups is 1. The molecular weight excluding hydrogens is 314 g/mol. The quantitative estimate of drug-likeness (QED) is 0.440. The van der Waals surface area contributed by atoms with Crippen molar-refractivity contribution in [1.29, 1.82) is 0 Å². The summed E-state index contributed by atoms with van der Waals surface area (Å²) in [5.41, 5.74) is 4.40. The zero-order valence-electron chi connectivity index (χ0n) is 13.2. The normalized spacial score (nSPS) is 11.3. The van der Waals surface area contributed by atoms with Crippen molar-refractivity contribution in [3.05, 3.63) is 45.4 Å². The Morgan fingerprint density at radius 2 is 2.04 bits per heavy atom. The monoisotopic (exact) mass is 331 g/mol. The van der Waals surface area contributed by atoms with Crippen LogP contribution in [0.3, 0.4) is 0 Å². The maximum absolute atomic E-state index is 11.0. The van der Waals surface area contributed by atoms with Gasteiger partial charge in [0, 0.05) is 12.7 Å². The lowest BCUT2D eigenvalue weighted by Gasteiger charge is -2.01. The highest BCUT2D eigenvalue weighted by Gasteiger charge is 2.17. The molecule has 1 aromatic carbocycles. The number of benzene rings is 1. The van der Waals surface area contributed by atoms with E-state index in [0.717, 1.165) is 16.2 Å². The van der Waals surface area contributed by atoms with Gasteiger partial charge in [-0.05, 0) is 42.0 Å². The van der Waals surface area contributed by atoms with Crippen molar-refractivity contribution in [2.75, 3.05) is 5.75 Å². The highest BCUT2D eigenvalue weighted by Crippen LogP contribution is 2.23. The van der Waals surface area contributed by atoms with E-state index in [1.165, 1.54) is 17.3 Å². The molecule has 0 aliphatic heterocycles. The van der Waals surface area contributed by atoms with Gasteiger partial charge in [-0.15, -0.1) is 0 Å². The predicted molar refractivity (Wildman–Crippen MR) is 89.9 cm³/mol. The molecule has 1 N–H and O–H groups in total. The summed E-state index contributed by atoms with van der Waals surface area (Å²) in [7, 11) is 0. The van der Waals surface area contributed by atoms with E-state index >= 15 is 0 Å². The number of aromatic nitrogens is 4. The molecule has 0 aliphatic rings. The largest absolute Gasteiger partial charge is 0.358 e. The molecule has 0 unspecified atom stereocenters. The van der Waals surface area contributed by atoms with Gasteiger partial charge in [-0.25, -0.2) is 14.5 Å². The van der Waals surface area contributed by atoms with E-state index < -0.39 is 4.92 Å². The Morgan fingerprint density at radius 1 is 1.30 bits per heavy atom. The number of aromatic amines is 1. The molecular formula is C15H17N5O2S. The zero-order chi connectivity index (χ0) is 16.6. The molecule has 0 amide bonds. The second kappa shape index (κ2) is 6.04. The fraction of sp³-hybridized carbons (Fsp3) is 0.333. The minimum absolute atomic E-state index is 0.0268. The van der Waals surface area contributed by atoms with Crippen LogP contribution in [0.2, 0.25) is 0 Å². The number of aryl methyl sites for hydroxylation is 3. The molecule has 0 fully saturated rings. The molecule has 120 valence electrons. The van der Waals surface area contributed by atoms with E-state index in [1.54, 1.807) is 23.3 Å². The lowest BCUT2D eigenvalue weighted by Crippen LogP contribution is -2.06. The first-order valence-electron chi connectivity index (χ1n) is 7.22. The van der Waals surface area contributed by atoms with Crippen LogP contribution in [0.5, 0.6) is 0 Å². The summed E-state index contributed by atoms with van der Waals surface area (Å²) < 4.78 is 1.62. The van der Waals surface area contributed by atoms with E-state index in [4.69, 9.17) is 0 Å². The topological polar surface area (TPSA) is 89.6 Å². The van der Waals surface area contributed by atoms with Gasteiger partial charge in [0.15, 0.2) is 11.0 Å². The number of thioether (sulfide) groups is 1. The minimum Gasteiger partial charge on any atom is -0.358 e. The van der Waals surface area contributed by atoms with Gasteiger partial charge in [0.2, 0.25) is 0 Å². The first kappa shape index (κ1) is 15.5. The van der Waals surface area contributed by atoms with E-state index in [-0.39, 0.29) is 5.82 Å². The lowest BCUT2D eigenvalue weighted by atomic mass is 10.1. The van der Waals surface area contributed by atoms with E-state index in [2.05, 4.69) is 40.9 Å². The maximum atomic E-state index is 11.0. The van der Waals surface area contributed by atoms with Gasteiger partial charge >= 0.3 is 5.82 Å². The third kappa shape index (κ3) is 3.07. The predicted octanol–water partition coefficient (Wildman–Crippen LogP) is 3.39. The summed E-state index contributed by atoms with van der Waals surface area (Å²) in [6.45, 7) is 6.42. The van der Waals surface area contributed by atoms with Crippen LogP contribution in [0.15, 0.2) is 23.5 Å². The summed E-state index contributed by atoms with van der Waals surface area (Å²) in [5, 5.41) is 11.8. The van der Waals surface area contributed by atoms with Crippen molar-refractivity contribution < 1.29 is 4.92 Å². The first-order chi connectivity index (χ1) is 11.0. The van der Waals surface area contributed by atoms with E-state index in [0.29, 0.717) is 18.1 Å². The van der Waals surface area contributed by atoms with Gasteiger partial charge in [-0.2, -0.15) is 0 Å². The molecule has 0 aliphatic carbocycles. The SMILES string of the molecule is Cc1cc2nc(SCCn3c([N+](=O)[O-])cnc3C)[nH]c2cc1C. The fourth-order valence-electron chi connectivity index (χ4n) is 2.43. The van der Waals surface area contributed by atoms with Gasteiger partial charge in [0.1, 0.15) is 12.7 Å². The van der Waals surface area contributed by atoms with Crippen LogP contribution in [0.4, 0.5) is 5.82 Å². The molecule has 0 bridgehead atoms. The molecule has 3 rings (SSSR count). The maximum Gasteiger partial charge on any atom is 0.342 e. The van der Waals surface area contributed by atoms with Crippen molar-refractivity contribution in [1.82, 2.24) is 19.5 Å². The van der Waals surface area contributed by atoms with Gasteiger partial charge < -0.3 is 15.1 Å². The van der Waals surface area contributed by atoms with Crippen LogP contribution in [-0.4, -0.2) is 30.2 Å². The lowest BCUT2D eigenvalue weighted by molar-refractivity contribution is -0.392. The van der Waals surface area contributed by atoms with Gasteiger partial charge in [0.25, 0.3) is 0 Å². The molecule has 7 nitrogen and oxygen atoms in total. The summed E-state index contributed by atoms with van der Waals surface area (Å²) in [6.07, 6.45) is 1.30. The number of H-pyrrole nitrogens is 1. The van der Waals surface area contributed by atoms with Crippen LogP contribution in [0.1, 0.15) is 17.0 Å². The third-order valence-electron chi connectivity index (χ3n) is 3.85. The molecule has 0 saturated carbocycles. The minimum atomic E-state index is -0.405. The molecule has 3 aromatic rings. The number of hydrogen-bond acceptors (Lipinski definition) is 5. The molecule has 0 saturated heterocycles. The summed E-state index contributed by atoms with van der Waals surface area (Å²) >= 11 is 1.55. The highest BCUT2D eigenvalue weighted by molar-refractivity contribution is 7.99. The van der Waals surface area contributed by atoms with E-state index in [1.807, 2.05) is 0 Å². The first-order valence-corrected chi connectivity index (χ1v) is 8.20. The zero-order valence-corrected chi connectivity index (χ0v) is 14.0. The van der Waals surface area contributed by atoms with Crippen molar-refractivity contribution in [3.8, 4) is 0 Å². The van der Waals surface area contributed by atoms with Crippen LogP contribution < -0.4 is 0 Å². The van der Waals surface area contributed by atoms with Crippen LogP contribution in [0, 0.1) is 30.9 Å². The van der Waals surface area contributed by atoms with Gasteiger partial charge in [0.05, 0.1) is 11.0 Å². The molecule has 0 atom stereocenters. The Morgan fingerprint density at radius 3 is 2.78 bits per heavy atom. The fourth-order valence-corrected chi connectivity index (χ4v) is 3.24. The van der Waals surface area contributed by atoms with E-state index in [9.17, 15) is 10.1 Å². The molecule has 0 radical (unpaired) electrons. The Bertz CT molecular complexity index is 845. The number of nitrogens with one attached hydrogen (secondary N) is 1. The van der Waals surface area contributed by atoms with Crippen molar-refractivity contribution >= 4 is 28.6 Å². The highest BCUT2D eigenvalue weighted by atomic mass is 32.2. The third-order valence-corrected chi connectivity index (χ3v) is 4.70. The van der Waals surface area contributed by atoms with Crippen molar-refractivity contribution in [3.63, 3.8) is 0 Å². The average molecular weight is 331 g/mol. The van der Waals surface area contributed by atoms with Crippen LogP contribution in [0.25, 0.3) is 11.0 Å². The number of rotatable bonds is 5.